The molecule has 2 heterocycles. The lowest BCUT2D eigenvalue weighted by Gasteiger charge is -2.27. The van der Waals surface area contributed by atoms with Crippen LogP contribution >= 0.6 is 31.9 Å². The number of benzene rings is 2. The number of nitrogens with one attached hydrogen (secondary N) is 1. The molecular formula is C19H13Br2N3O4. The molecule has 0 fully saturated rings. The van der Waals surface area contributed by atoms with Gasteiger partial charge in [0.05, 0.1) is 37.9 Å². The lowest BCUT2D eigenvalue weighted by atomic mass is 9.96. The SMILES string of the molecule is CC(=O)C1=C(O)C(=O)N(c2ccc3[nH]cnc3c2)C1c1cc(Br)c(O)c(Br)c1. The van der Waals surface area contributed by atoms with Gasteiger partial charge in [-0.1, -0.05) is 0 Å². The number of anilines is 1. The fourth-order valence-corrected chi connectivity index (χ4v) is 4.58. The molecule has 9 heteroatoms. The lowest BCUT2D eigenvalue weighted by Crippen LogP contribution is -2.30. The Morgan fingerprint density at radius 1 is 1.18 bits per heavy atom. The van der Waals surface area contributed by atoms with Crippen molar-refractivity contribution in [3.05, 3.63) is 62.5 Å². The van der Waals surface area contributed by atoms with Gasteiger partial charge in [0.25, 0.3) is 5.91 Å². The largest absolute Gasteiger partial charge is 0.506 e. The van der Waals surface area contributed by atoms with Crippen LogP contribution in [0.4, 0.5) is 5.69 Å². The number of phenolic OH excluding ortho intramolecular Hbond substituents is 1. The van der Waals surface area contributed by atoms with Crippen molar-refractivity contribution in [3.8, 4) is 5.75 Å². The molecule has 3 N–H and O–H groups in total. The molecule has 0 aliphatic carbocycles. The highest BCUT2D eigenvalue weighted by Gasteiger charge is 2.43. The van der Waals surface area contributed by atoms with E-state index in [-0.39, 0.29) is 11.3 Å². The van der Waals surface area contributed by atoms with Crippen molar-refractivity contribution in [2.75, 3.05) is 4.90 Å². The van der Waals surface area contributed by atoms with E-state index in [9.17, 15) is 19.8 Å². The number of aromatic nitrogens is 2. The van der Waals surface area contributed by atoms with Gasteiger partial charge in [-0.2, -0.15) is 0 Å². The summed E-state index contributed by atoms with van der Waals surface area (Å²) in [4.78, 5) is 33.7. The zero-order valence-electron chi connectivity index (χ0n) is 14.4. The lowest BCUT2D eigenvalue weighted by molar-refractivity contribution is -0.117. The summed E-state index contributed by atoms with van der Waals surface area (Å²) in [7, 11) is 0. The molecular weight excluding hydrogens is 494 g/mol. The number of carbonyl (C=O) groups excluding carboxylic acids is 2. The number of hydrogen-bond acceptors (Lipinski definition) is 5. The first-order chi connectivity index (χ1) is 13.3. The second-order valence-corrected chi connectivity index (χ2v) is 8.04. The molecule has 1 amide bonds. The predicted molar refractivity (Wildman–Crippen MR) is 110 cm³/mol. The van der Waals surface area contributed by atoms with Crippen molar-refractivity contribution < 1.29 is 19.8 Å². The number of aromatic amines is 1. The fraction of sp³-hybridized carbons (Fsp3) is 0.105. The van der Waals surface area contributed by atoms with E-state index in [4.69, 9.17) is 0 Å². The van der Waals surface area contributed by atoms with Crippen molar-refractivity contribution in [3.63, 3.8) is 0 Å². The van der Waals surface area contributed by atoms with Gasteiger partial charge in [-0.3, -0.25) is 14.5 Å². The molecule has 2 aromatic carbocycles. The first-order valence-corrected chi connectivity index (χ1v) is 9.77. The average Bonchev–Trinajstić information content (AvgIpc) is 3.21. The van der Waals surface area contributed by atoms with Crippen LogP contribution in [0.2, 0.25) is 0 Å². The van der Waals surface area contributed by atoms with Crippen LogP contribution < -0.4 is 4.90 Å². The molecule has 1 atom stereocenters. The number of carbonyl (C=O) groups is 2. The molecule has 1 aromatic heterocycles. The zero-order chi connectivity index (χ0) is 20.2. The number of aliphatic hydroxyl groups is 1. The second-order valence-electron chi connectivity index (χ2n) is 6.33. The highest BCUT2D eigenvalue weighted by molar-refractivity contribution is 9.11. The predicted octanol–water partition coefficient (Wildman–Crippen LogP) is 4.28. The van der Waals surface area contributed by atoms with Crippen LogP contribution in [0, 0.1) is 0 Å². The molecule has 1 aliphatic heterocycles. The number of imidazole rings is 1. The van der Waals surface area contributed by atoms with E-state index >= 15 is 0 Å². The Bertz CT molecular complexity index is 1160. The van der Waals surface area contributed by atoms with E-state index in [1.807, 2.05) is 0 Å². The molecule has 0 saturated heterocycles. The molecule has 3 aromatic rings. The molecule has 0 saturated carbocycles. The third-order valence-corrected chi connectivity index (χ3v) is 5.83. The molecule has 7 nitrogen and oxygen atoms in total. The van der Waals surface area contributed by atoms with E-state index < -0.39 is 23.5 Å². The molecule has 1 aliphatic rings. The van der Waals surface area contributed by atoms with Gasteiger partial charge in [0.15, 0.2) is 11.5 Å². The summed E-state index contributed by atoms with van der Waals surface area (Å²) >= 11 is 6.55. The van der Waals surface area contributed by atoms with Crippen molar-refractivity contribution >= 4 is 60.3 Å². The van der Waals surface area contributed by atoms with Gasteiger partial charge in [0, 0.05) is 5.69 Å². The van der Waals surface area contributed by atoms with E-state index in [0.29, 0.717) is 25.7 Å². The summed E-state index contributed by atoms with van der Waals surface area (Å²) in [6, 6.07) is 7.56. The van der Waals surface area contributed by atoms with Crippen molar-refractivity contribution in [2.45, 2.75) is 13.0 Å². The van der Waals surface area contributed by atoms with Crippen LogP contribution in [0.15, 0.2) is 56.9 Å². The normalized spacial score (nSPS) is 17.0. The van der Waals surface area contributed by atoms with Gasteiger partial charge < -0.3 is 15.2 Å². The van der Waals surface area contributed by atoms with Crippen LogP contribution in [-0.2, 0) is 9.59 Å². The second kappa shape index (κ2) is 6.75. The molecule has 142 valence electrons. The number of nitrogens with zero attached hydrogens (tertiary/aromatic N) is 2. The van der Waals surface area contributed by atoms with Crippen LogP contribution in [-0.4, -0.2) is 31.9 Å². The number of fused-ring (bicyclic) bond motifs is 1. The number of aromatic hydroxyl groups is 1. The Balaban J connectivity index is 1.93. The van der Waals surface area contributed by atoms with E-state index in [2.05, 4.69) is 41.8 Å². The van der Waals surface area contributed by atoms with Crippen LogP contribution in [0.5, 0.6) is 5.75 Å². The van der Waals surface area contributed by atoms with Gasteiger partial charge in [-0.25, -0.2) is 4.98 Å². The Hall–Kier alpha value is -2.65. The Morgan fingerprint density at radius 2 is 1.86 bits per heavy atom. The number of ketones is 1. The molecule has 4 rings (SSSR count). The van der Waals surface area contributed by atoms with Crippen LogP contribution in [0.25, 0.3) is 11.0 Å². The first-order valence-electron chi connectivity index (χ1n) is 8.18. The van der Waals surface area contributed by atoms with Gasteiger partial charge in [-0.05, 0) is 74.7 Å². The molecule has 0 radical (unpaired) electrons. The Kier molecular flexibility index (Phi) is 4.51. The van der Waals surface area contributed by atoms with Gasteiger partial charge in [0.1, 0.15) is 5.75 Å². The minimum Gasteiger partial charge on any atom is -0.506 e. The van der Waals surface area contributed by atoms with Crippen molar-refractivity contribution in [1.29, 1.82) is 0 Å². The zero-order valence-corrected chi connectivity index (χ0v) is 17.6. The summed E-state index contributed by atoms with van der Waals surface area (Å²) in [6.07, 6.45) is 1.54. The number of rotatable bonds is 3. The third-order valence-electron chi connectivity index (χ3n) is 4.63. The number of halogens is 2. The molecule has 28 heavy (non-hydrogen) atoms. The Morgan fingerprint density at radius 3 is 2.50 bits per heavy atom. The van der Waals surface area contributed by atoms with Crippen molar-refractivity contribution in [2.24, 2.45) is 0 Å². The topological polar surface area (TPSA) is 107 Å². The monoisotopic (exact) mass is 505 g/mol. The number of hydrogen-bond donors (Lipinski definition) is 3. The summed E-state index contributed by atoms with van der Waals surface area (Å²) in [6.45, 7) is 1.30. The molecule has 0 bridgehead atoms. The number of phenols is 1. The summed E-state index contributed by atoms with van der Waals surface area (Å²) in [5.41, 5.74) is 2.47. The summed E-state index contributed by atoms with van der Waals surface area (Å²) in [5, 5.41) is 20.4. The van der Waals surface area contributed by atoms with E-state index in [1.54, 1.807) is 36.7 Å². The number of aliphatic hydroxyl groups excluding tert-OH is 1. The fourth-order valence-electron chi connectivity index (χ4n) is 3.36. The van der Waals surface area contributed by atoms with Gasteiger partial charge in [-0.15, -0.1) is 0 Å². The number of amides is 1. The van der Waals surface area contributed by atoms with Crippen LogP contribution in [0.1, 0.15) is 18.5 Å². The van der Waals surface area contributed by atoms with Gasteiger partial charge >= 0.3 is 0 Å². The summed E-state index contributed by atoms with van der Waals surface area (Å²) in [5.74, 6) is -1.68. The highest BCUT2D eigenvalue weighted by atomic mass is 79.9. The number of H-pyrrole nitrogens is 1. The van der Waals surface area contributed by atoms with E-state index in [1.165, 1.54) is 11.8 Å². The van der Waals surface area contributed by atoms with E-state index in [0.717, 1.165) is 5.52 Å². The molecule has 1 unspecified atom stereocenters. The Labute approximate surface area is 175 Å². The molecule has 0 spiro atoms. The highest BCUT2D eigenvalue weighted by Crippen LogP contribution is 2.44. The average molecular weight is 507 g/mol. The van der Waals surface area contributed by atoms with Crippen molar-refractivity contribution in [1.82, 2.24) is 9.97 Å². The first kappa shape index (κ1) is 18.7. The minimum absolute atomic E-state index is 0.00313. The maximum atomic E-state index is 12.9. The quantitative estimate of drug-likeness (QED) is 0.491. The smallest absolute Gasteiger partial charge is 0.294 e. The third kappa shape index (κ3) is 2.82. The van der Waals surface area contributed by atoms with Gasteiger partial charge in [0.2, 0.25) is 0 Å². The maximum Gasteiger partial charge on any atom is 0.294 e. The standard InChI is InChI=1S/C19H13Br2N3O4/c1-8(25)15-16(9-4-11(20)17(26)12(21)5-9)24(19(28)18(15)27)10-2-3-13-14(6-10)23-7-22-13/h2-7,16,26-27H,1H3,(H,22,23). The van der Waals surface area contributed by atoms with Crippen LogP contribution in [0.3, 0.4) is 0 Å². The number of Topliss-reactive ketones (excluding diaryl/α,β-unsaturated/α-hetero) is 1. The maximum absolute atomic E-state index is 12.9. The minimum atomic E-state index is -0.852. The summed E-state index contributed by atoms with van der Waals surface area (Å²) < 4.78 is 0.780.